The lowest BCUT2D eigenvalue weighted by Gasteiger charge is -2.33. The van der Waals surface area contributed by atoms with Gasteiger partial charge in [-0.25, -0.2) is 0 Å². The molecule has 0 aliphatic carbocycles. The molecule has 0 N–H and O–H groups in total. The summed E-state index contributed by atoms with van der Waals surface area (Å²) in [4.78, 5) is 13.5. The maximum absolute atomic E-state index is 11.7. The molecule has 2 rings (SSSR count). The lowest BCUT2D eigenvalue weighted by atomic mass is 10.1. The normalized spacial score (nSPS) is 20.4. The smallest absolute Gasteiger partial charge is 0.222 e. The highest BCUT2D eigenvalue weighted by atomic mass is 79.9. The van der Waals surface area contributed by atoms with E-state index in [1.807, 2.05) is 36.1 Å². The molecule has 17 heavy (non-hydrogen) atoms. The van der Waals surface area contributed by atoms with Crippen molar-refractivity contribution in [2.75, 3.05) is 19.7 Å². The van der Waals surface area contributed by atoms with Crippen molar-refractivity contribution in [3.63, 3.8) is 0 Å². The van der Waals surface area contributed by atoms with E-state index < -0.39 is 0 Å². The molecular weight excluding hydrogens is 282 g/mol. The average molecular weight is 298 g/mol. The molecule has 1 amide bonds. The summed E-state index contributed by atoms with van der Waals surface area (Å²) in [5.41, 5.74) is 1.13. The molecule has 4 heteroatoms. The van der Waals surface area contributed by atoms with Crippen molar-refractivity contribution < 1.29 is 9.53 Å². The van der Waals surface area contributed by atoms with Crippen LogP contribution in [0.2, 0.25) is 0 Å². The van der Waals surface area contributed by atoms with Gasteiger partial charge in [-0.05, 0) is 17.7 Å². The molecule has 1 aromatic carbocycles. The van der Waals surface area contributed by atoms with Gasteiger partial charge in [-0.3, -0.25) is 4.79 Å². The second-order valence-corrected chi connectivity index (χ2v) is 5.02. The van der Waals surface area contributed by atoms with Gasteiger partial charge in [0.15, 0.2) is 0 Å². The summed E-state index contributed by atoms with van der Waals surface area (Å²) in [6.07, 6.45) is 0.569. The molecule has 0 saturated carbocycles. The first kappa shape index (κ1) is 12.6. The highest BCUT2D eigenvalue weighted by Crippen LogP contribution is 2.24. The highest BCUT2D eigenvalue weighted by molar-refractivity contribution is 9.10. The largest absolute Gasteiger partial charge is 0.370 e. The Morgan fingerprint density at radius 2 is 2.18 bits per heavy atom. The Kier molecular flexibility index (Phi) is 4.18. The van der Waals surface area contributed by atoms with Gasteiger partial charge < -0.3 is 9.64 Å². The van der Waals surface area contributed by atoms with Crippen LogP contribution in [0.5, 0.6) is 0 Å². The number of hydrogen-bond acceptors (Lipinski definition) is 2. The first-order chi connectivity index (χ1) is 8.20. The summed E-state index contributed by atoms with van der Waals surface area (Å²) < 4.78 is 6.77. The Hall–Kier alpha value is -0.870. The maximum Gasteiger partial charge on any atom is 0.222 e. The molecule has 1 aliphatic rings. The topological polar surface area (TPSA) is 29.5 Å². The molecule has 0 bridgehead atoms. The monoisotopic (exact) mass is 297 g/mol. The predicted octanol–water partition coefficient (Wildman–Crippen LogP) is 2.76. The quantitative estimate of drug-likeness (QED) is 0.840. The maximum atomic E-state index is 11.7. The SMILES string of the molecule is CCC(=O)N1CCOC(c2ccc(Br)cc2)C1. The minimum Gasteiger partial charge on any atom is -0.370 e. The molecule has 1 aromatic rings. The fourth-order valence-corrected chi connectivity index (χ4v) is 2.24. The van der Waals surface area contributed by atoms with Crippen molar-refractivity contribution in [2.45, 2.75) is 19.4 Å². The van der Waals surface area contributed by atoms with Crippen LogP contribution in [0.3, 0.4) is 0 Å². The van der Waals surface area contributed by atoms with Crippen LogP contribution < -0.4 is 0 Å². The van der Waals surface area contributed by atoms with Gasteiger partial charge in [-0.2, -0.15) is 0 Å². The van der Waals surface area contributed by atoms with Crippen molar-refractivity contribution in [1.29, 1.82) is 0 Å². The number of carbonyl (C=O) groups is 1. The van der Waals surface area contributed by atoms with E-state index in [0.717, 1.165) is 10.0 Å². The van der Waals surface area contributed by atoms with Crippen LogP contribution in [-0.4, -0.2) is 30.5 Å². The number of amides is 1. The van der Waals surface area contributed by atoms with Crippen molar-refractivity contribution in [3.05, 3.63) is 34.3 Å². The summed E-state index contributed by atoms with van der Waals surface area (Å²) in [6.45, 7) is 3.88. The zero-order valence-corrected chi connectivity index (χ0v) is 11.4. The number of benzene rings is 1. The third kappa shape index (κ3) is 3.07. The molecule has 0 aromatic heterocycles. The number of rotatable bonds is 2. The van der Waals surface area contributed by atoms with E-state index in [9.17, 15) is 4.79 Å². The van der Waals surface area contributed by atoms with Gasteiger partial charge in [0, 0.05) is 17.4 Å². The van der Waals surface area contributed by atoms with Crippen LogP contribution in [0.4, 0.5) is 0 Å². The van der Waals surface area contributed by atoms with Gasteiger partial charge in [0.05, 0.1) is 13.2 Å². The second-order valence-electron chi connectivity index (χ2n) is 4.10. The minimum absolute atomic E-state index is 0.00681. The molecule has 1 saturated heterocycles. The molecular formula is C13H16BrNO2. The van der Waals surface area contributed by atoms with Gasteiger partial charge >= 0.3 is 0 Å². The molecule has 1 fully saturated rings. The highest BCUT2D eigenvalue weighted by Gasteiger charge is 2.24. The molecule has 3 nitrogen and oxygen atoms in total. The lowest BCUT2D eigenvalue weighted by molar-refractivity contribution is -0.138. The molecule has 1 aliphatic heterocycles. The Labute approximate surface area is 110 Å². The summed E-state index contributed by atoms with van der Waals surface area (Å²) >= 11 is 3.41. The van der Waals surface area contributed by atoms with Crippen molar-refractivity contribution >= 4 is 21.8 Å². The molecule has 92 valence electrons. The third-order valence-electron chi connectivity index (χ3n) is 2.96. The first-order valence-corrected chi connectivity index (χ1v) is 6.65. The van der Waals surface area contributed by atoms with Gasteiger partial charge in [0.1, 0.15) is 6.10 Å². The van der Waals surface area contributed by atoms with Crippen molar-refractivity contribution in [1.82, 2.24) is 4.90 Å². The summed E-state index contributed by atoms with van der Waals surface area (Å²) in [6, 6.07) is 8.07. The van der Waals surface area contributed by atoms with Gasteiger partial charge in [0.25, 0.3) is 0 Å². The van der Waals surface area contributed by atoms with Crippen LogP contribution in [-0.2, 0) is 9.53 Å². The fraction of sp³-hybridized carbons (Fsp3) is 0.462. The zero-order chi connectivity index (χ0) is 12.3. The summed E-state index contributed by atoms with van der Waals surface area (Å²) in [7, 11) is 0. The van der Waals surface area contributed by atoms with E-state index in [1.165, 1.54) is 0 Å². The van der Waals surface area contributed by atoms with Crippen molar-refractivity contribution in [3.8, 4) is 0 Å². The van der Waals surface area contributed by atoms with Crippen LogP contribution in [0, 0.1) is 0 Å². The number of halogens is 1. The lowest BCUT2D eigenvalue weighted by Crippen LogP contribution is -2.41. The van der Waals surface area contributed by atoms with Gasteiger partial charge in [-0.15, -0.1) is 0 Å². The predicted molar refractivity (Wildman–Crippen MR) is 69.7 cm³/mol. The van der Waals surface area contributed by atoms with Crippen molar-refractivity contribution in [2.24, 2.45) is 0 Å². The van der Waals surface area contributed by atoms with E-state index in [2.05, 4.69) is 15.9 Å². The summed E-state index contributed by atoms with van der Waals surface area (Å²) in [5, 5.41) is 0. The average Bonchev–Trinajstić information content (AvgIpc) is 2.39. The number of ether oxygens (including phenoxy) is 1. The van der Waals surface area contributed by atoms with Gasteiger partial charge in [-0.1, -0.05) is 35.0 Å². The van der Waals surface area contributed by atoms with E-state index in [1.54, 1.807) is 0 Å². The van der Waals surface area contributed by atoms with Crippen LogP contribution in [0.1, 0.15) is 25.0 Å². The molecule has 0 spiro atoms. The van der Waals surface area contributed by atoms with E-state index >= 15 is 0 Å². The molecule has 0 radical (unpaired) electrons. The first-order valence-electron chi connectivity index (χ1n) is 5.85. The molecule has 1 heterocycles. The minimum atomic E-state index is 0.00681. The third-order valence-corrected chi connectivity index (χ3v) is 3.49. The Morgan fingerprint density at radius 3 is 2.82 bits per heavy atom. The fourth-order valence-electron chi connectivity index (χ4n) is 1.98. The van der Waals surface area contributed by atoms with Gasteiger partial charge in [0.2, 0.25) is 5.91 Å². The van der Waals surface area contributed by atoms with Crippen LogP contribution in [0.15, 0.2) is 28.7 Å². The molecule has 1 unspecified atom stereocenters. The second kappa shape index (κ2) is 5.65. The standard InChI is InChI=1S/C13H16BrNO2/c1-2-13(16)15-7-8-17-12(9-15)10-3-5-11(14)6-4-10/h3-6,12H,2,7-9H2,1H3. The van der Waals surface area contributed by atoms with Crippen LogP contribution in [0.25, 0.3) is 0 Å². The number of carbonyl (C=O) groups excluding carboxylic acids is 1. The van der Waals surface area contributed by atoms with E-state index in [0.29, 0.717) is 26.1 Å². The Balaban J connectivity index is 2.06. The molecule has 1 atom stereocenters. The number of morpholine rings is 1. The van der Waals surface area contributed by atoms with E-state index in [-0.39, 0.29) is 12.0 Å². The number of hydrogen-bond donors (Lipinski definition) is 0. The Bertz CT molecular complexity index is 391. The number of nitrogens with zero attached hydrogens (tertiary/aromatic N) is 1. The summed E-state index contributed by atoms with van der Waals surface area (Å²) in [5.74, 6) is 0.204. The zero-order valence-electron chi connectivity index (χ0n) is 9.86. The van der Waals surface area contributed by atoms with E-state index in [4.69, 9.17) is 4.74 Å². The Morgan fingerprint density at radius 1 is 1.47 bits per heavy atom. The van der Waals surface area contributed by atoms with Crippen LogP contribution >= 0.6 is 15.9 Å².